The van der Waals surface area contributed by atoms with Gasteiger partial charge in [-0.2, -0.15) is 0 Å². The van der Waals surface area contributed by atoms with E-state index < -0.39 is 34.5 Å². The zero-order chi connectivity index (χ0) is 36.0. The van der Waals surface area contributed by atoms with Gasteiger partial charge in [0, 0.05) is 0 Å². The second-order valence-corrected chi connectivity index (χ2v) is 14.5. The van der Waals surface area contributed by atoms with Gasteiger partial charge in [0.15, 0.2) is 0 Å². The summed E-state index contributed by atoms with van der Waals surface area (Å²) in [7, 11) is 0. The van der Waals surface area contributed by atoms with Crippen molar-refractivity contribution in [3.05, 3.63) is 174 Å². The highest BCUT2D eigenvalue weighted by molar-refractivity contribution is 6.76. The molecule has 6 rings (SSSR count). The normalized spacial score (nSPS) is 20.8. The molecule has 7 nitrogen and oxygen atoms in total. The van der Waals surface area contributed by atoms with Crippen molar-refractivity contribution in [2.75, 3.05) is 6.61 Å². The molecule has 1 saturated heterocycles. The van der Waals surface area contributed by atoms with Crippen LogP contribution in [0.4, 0.5) is 5.69 Å². The van der Waals surface area contributed by atoms with Crippen molar-refractivity contribution in [2.24, 2.45) is 4.99 Å². The van der Waals surface area contributed by atoms with Crippen LogP contribution in [0.25, 0.3) is 0 Å². The molecule has 0 aromatic heterocycles. The van der Waals surface area contributed by atoms with Gasteiger partial charge in [0.1, 0.15) is 24.4 Å². The van der Waals surface area contributed by atoms with Crippen LogP contribution in [0.3, 0.4) is 0 Å². The molecule has 270 valence electrons. The van der Waals surface area contributed by atoms with E-state index in [1.165, 1.54) is 0 Å². The van der Waals surface area contributed by atoms with Crippen molar-refractivity contribution in [3.63, 3.8) is 0 Å². The molecule has 52 heavy (non-hydrogen) atoms. The Hall–Kier alpha value is -3.76. The van der Waals surface area contributed by atoms with Gasteiger partial charge in [-0.3, -0.25) is 0 Å². The van der Waals surface area contributed by atoms with E-state index in [1.807, 2.05) is 140 Å². The van der Waals surface area contributed by atoms with E-state index in [9.17, 15) is 0 Å². The zero-order valence-electron chi connectivity index (χ0n) is 28.4. The highest BCUT2D eigenvalue weighted by atomic mass is 35.6. The standard InChI is InChI=1S/C42H40Cl3NO6/c43-42(44,45)41(46-35-24-14-5-15-25-35)52-40-39(50-29-34-22-12-4-13-23-34)38(49-28-33-20-10-3-11-21-33)37(48-27-32-18-8-2-9-19-32)36(51-40)30-47-26-31-16-6-1-7-17-31/h1-25,36-40H,26-30H2/t36-,37-,38+,39-,40+/m1/s1. The molecule has 10 heteroatoms. The molecule has 5 aromatic rings. The number of hydrogen-bond donors (Lipinski definition) is 0. The van der Waals surface area contributed by atoms with Gasteiger partial charge in [-0.15, -0.1) is 0 Å². The minimum Gasteiger partial charge on any atom is -0.445 e. The van der Waals surface area contributed by atoms with Crippen LogP contribution in [0.2, 0.25) is 0 Å². The van der Waals surface area contributed by atoms with Crippen LogP contribution >= 0.6 is 34.8 Å². The second kappa shape index (κ2) is 19.4. The molecule has 1 aliphatic heterocycles. The highest BCUT2D eigenvalue weighted by Crippen LogP contribution is 2.36. The molecule has 5 aromatic carbocycles. The summed E-state index contributed by atoms with van der Waals surface area (Å²) in [6.45, 7) is 1.28. The minimum atomic E-state index is -2.04. The fourth-order valence-corrected chi connectivity index (χ4v) is 5.99. The number of halogens is 3. The van der Waals surface area contributed by atoms with Crippen molar-refractivity contribution >= 4 is 46.4 Å². The number of ether oxygens (including phenoxy) is 6. The molecule has 0 N–H and O–H groups in total. The summed E-state index contributed by atoms with van der Waals surface area (Å²) < 4.78 is 37.6. The first kappa shape index (κ1) is 38.0. The van der Waals surface area contributed by atoms with Gasteiger partial charge in [0.25, 0.3) is 3.79 Å². The molecule has 0 spiro atoms. The van der Waals surface area contributed by atoms with E-state index in [4.69, 9.17) is 63.2 Å². The third-order valence-electron chi connectivity index (χ3n) is 8.30. The van der Waals surface area contributed by atoms with Crippen LogP contribution in [0, 0.1) is 0 Å². The van der Waals surface area contributed by atoms with Crippen molar-refractivity contribution in [3.8, 4) is 0 Å². The molecule has 0 radical (unpaired) electrons. The largest absolute Gasteiger partial charge is 0.445 e. The highest BCUT2D eigenvalue weighted by Gasteiger charge is 2.51. The summed E-state index contributed by atoms with van der Waals surface area (Å²) in [5.74, 6) is -0.184. The number of alkyl halides is 3. The van der Waals surface area contributed by atoms with E-state index in [2.05, 4.69) is 4.99 Å². The molecule has 0 saturated carbocycles. The van der Waals surface area contributed by atoms with E-state index >= 15 is 0 Å². The lowest BCUT2D eigenvalue weighted by Crippen LogP contribution is -2.62. The summed E-state index contributed by atoms with van der Waals surface area (Å²) in [6.07, 6.45) is -4.11. The lowest BCUT2D eigenvalue weighted by molar-refractivity contribution is -0.313. The molecular weight excluding hydrogens is 721 g/mol. The SMILES string of the molecule is ClC(Cl)(Cl)C(=Nc1ccccc1)O[C@@H]1O[C@H](COCc2ccccc2)[C@@H](OCc2ccccc2)[C@H](OCc2ccccc2)[C@H]1OCc1ccccc1. The van der Waals surface area contributed by atoms with Gasteiger partial charge in [0.2, 0.25) is 12.2 Å². The number of hydrogen-bond acceptors (Lipinski definition) is 7. The maximum atomic E-state index is 6.78. The zero-order valence-corrected chi connectivity index (χ0v) is 30.7. The number of aliphatic imine (C=N–C) groups is 1. The van der Waals surface area contributed by atoms with Gasteiger partial charge < -0.3 is 28.4 Å². The van der Waals surface area contributed by atoms with Crippen LogP contribution in [0.1, 0.15) is 22.3 Å². The van der Waals surface area contributed by atoms with Crippen LogP contribution < -0.4 is 0 Å². The van der Waals surface area contributed by atoms with Gasteiger partial charge in [-0.05, 0) is 34.4 Å². The predicted molar refractivity (Wildman–Crippen MR) is 205 cm³/mol. The van der Waals surface area contributed by atoms with Gasteiger partial charge in [-0.25, -0.2) is 4.99 Å². The van der Waals surface area contributed by atoms with Crippen LogP contribution in [-0.2, 0) is 54.8 Å². The Morgan fingerprint density at radius 1 is 0.519 bits per heavy atom. The maximum Gasteiger partial charge on any atom is 0.266 e. The number of para-hydroxylation sites is 1. The summed E-state index contributed by atoms with van der Waals surface area (Å²) in [6, 6.07) is 48.6. The maximum absolute atomic E-state index is 6.78. The van der Waals surface area contributed by atoms with Gasteiger partial charge in [0.05, 0.1) is 38.7 Å². The quantitative estimate of drug-likeness (QED) is 0.0602. The molecule has 0 amide bonds. The third-order valence-corrected chi connectivity index (χ3v) is 8.78. The molecule has 0 bridgehead atoms. The second-order valence-electron chi connectivity index (χ2n) is 12.2. The Labute approximate surface area is 320 Å². The molecule has 1 heterocycles. The van der Waals surface area contributed by atoms with Crippen LogP contribution in [-0.4, -0.2) is 47.0 Å². The van der Waals surface area contributed by atoms with Gasteiger partial charge in [-0.1, -0.05) is 174 Å². The molecule has 5 atom stereocenters. The average Bonchev–Trinajstić information content (AvgIpc) is 3.17. The summed E-state index contributed by atoms with van der Waals surface area (Å²) >= 11 is 19.5. The third kappa shape index (κ3) is 11.4. The van der Waals surface area contributed by atoms with Gasteiger partial charge >= 0.3 is 0 Å². The Bertz CT molecular complexity index is 1780. The van der Waals surface area contributed by atoms with Crippen molar-refractivity contribution in [1.82, 2.24) is 0 Å². The van der Waals surface area contributed by atoms with E-state index in [-0.39, 0.29) is 25.7 Å². The van der Waals surface area contributed by atoms with E-state index in [0.717, 1.165) is 22.3 Å². The Morgan fingerprint density at radius 3 is 1.38 bits per heavy atom. The molecule has 0 unspecified atom stereocenters. The first-order valence-electron chi connectivity index (χ1n) is 17.0. The fourth-order valence-electron chi connectivity index (χ4n) is 5.73. The molecular formula is C42H40Cl3NO6. The first-order valence-corrected chi connectivity index (χ1v) is 18.2. The van der Waals surface area contributed by atoms with E-state index in [0.29, 0.717) is 18.9 Å². The number of nitrogens with zero attached hydrogens (tertiary/aromatic N) is 1. The summed E-state index contributed by atoms with van der Waals surface area (Å²) in [5.41, 5.74) is 4.45. The Kier molecular flexibility index (Phi) is 14.1. The lowest BCUT2D eigenvalue weighted by Gasteiger charge is -2.46. The fraction of sp³-hybridized carbons (Fsp3) is 0.262. The van der Waals surface area contributed by atoms with Crippen molar-refractivity contribution in [2.45, 2.75) is 60.9 Å². The van der Waals surface area contributed by atoms with Crippen LogP contribution in [0.5, 0.6) is 0 Å². The Balaban J connectivity index is 1.37. The summed E-state index contributed by atoms with van der Waals surface area (Å²) in [5, 5.41) is 0. The topological polar surface area (TPSA) is 67.7 Å². The predicted octanol–water partition coefficient (Wildman–Crippen LogP) is 9.80. The monoisotopic (exact) mass is 759 g/mol. The molecule has 0 aliphatic carbocycles. The average molecular weight is 761 g/mol. The minimum absolute atomic E-state index is 0.143. The summed E-state index contributed by atoms with van der Waals surface area (Å²) in [4.78, 5) is 4.58. The van der Waals surface area contributed by atoms with Crippen molar-refractivity contribution in [1.29, 1.82) is 0 Å². The van der Waals surface area contributed by atoms with Crippen molar-refractivity contribution < 1.29 is 28.4 Å². The van der Waals surface area contributed by atoms with E-state index in [1.54, 1.807) is 12.1 Å². The molecule has 1 fully saturated rings. The smallest absolute Gasteiger partial charge is 0.266 e. The van der Waals surface area contributed by atoms with Crippen LogP contribution in [0.15, 0.2) is 157 Å². The number of rotatable bonds is 15. The molecule has 1 aliphatic rings. The number of benzene rings is 5. The first-order chi connectivity index (χ1) is 25.4. The lowest BCUT2D eigenvalue weighted by atomic mass is 9.97. The Morgan fingerprint density at radius 2 is 0.923 bits per heavy atom.